The van der Waals surface area contributed by atoms with Crippen LogP contribution in [0.5, 0.6) is 17.2 Å². The van der Waals surface area contributed by atoms with Crippen molar-refractivity contribution in [3.8, 4) is 17.2 Å². The number of carbonyl (C=O) groups is 2. The molecule has 0 heterocycles. The maximum absolute atomic E-state index is 14.6. The molecule has 0 bridgehead atoms. The van der Waals surface area contributed by atoms with Crippen LogP contribution < -0.4 is 23.8 Å². The van der Waals surface area contributed by atoms with E-state index in [1.165, 1.54) is 37.3 Å². The second-order valence-corrected chi connectivity index (χ2v) is 13.4. The van der Waals surface area contributed by atoms with E-state index >= 15 is 0 Å². The SMILES string of the molecule is CCCNC(=O)C(Cc1ccccc1)N(Cc1cccc(Cl)c1)C(=O)CN(c1ccc(OCC)cc1)S(=O)(=O)c1ccc(OC)c(OC)c1. The highest BCUT2D eigenvalue weighted by Crippen LogP contribution is 2.33. The van der Waals surface area contributed by atoms with Crippen molar-refractivity contribution in [3.63, 3.8) is 0 Å². The molecule has 0 saturated heterocycles. The van der Waals surface area contributed by atoms with Gasteiger partial charge >= 0.3 is 0 Å². The lowest BCUT2D eigenvalue weighted by Crippen LogP contribution is -2.53. The van der Waals surface area contributed by atoms with Gasteiger partial charge in [0.25, 0.3) is 10.0 Å². The molecule has 10 nitrogen and oxygen atoms in total. The van der Waals surface area contributed by atoms with E-state index < -0.39 is 28.5 Å². The van der Waals surface area contributed by atoms with Gasteiger partial charge < -0.3 is 24.4 Å². The van der Waals surface area contributed by atoms with Crippen LogP contribution in [-0.2, 0) is 32.6 Å². The molecule has 2 amide bonds. The van der Waals surface area contributed by atoms with E-state index in [0.29, 0.717) is 41.7 Å². The van der Waals surface area contributed by atoms with Crippen LogP contribution in [-0.4, -0.2) is 65.1 Å². The Labute approximate surface area is 293 Å². The average molecular weight is 708 g/mol. The minimum Gasteiger partial charge on any atom is -0.494 e. The first-order chi connectivity index (χ1) is 23.6. The van der Waals surface area contributed by atoms with Gasteiger partial charge in [-0.25, -0.2) is 8.42 Å². The van der Waals surface area contributed by atoms with Crippen molar-refractivity contribution < 1.29 is 32.2 Å². The van der Waals surface area contributed by atoms with Crippen LogP contribution in [0.25, 0.3) is 0 Å². The van der Waals surface area contributed by atoms with Gasteiger partial charge in [-0.2, -0.15) is 0 Å². The molecule has 0 fully saturated rings. The highest BCUT2D eigenvalue weighted by Gasteiger charge is 2.35. The van der Waals surface area contributed by atoms with Crippen LogP contribution in [0.2, 0.25) is 5.02 Å². The summed E-state index contributed by atoms with van der Waals surface area (Å²) in [7, 11) is -1.51. The Morgan fingerprint density at radius 1 is 0.837 bits per heavy atom. The summed E-state index contributed by atoms with van der Waals surface area (Å²) in [5.41, 5.74) is 1.74. The summed E-state index contributed by atoms with van der Waals surface area (Å²) in [4.78, 5) is 29.8. The van der Waals surface area contributed by atoms with Crippen LogP contribution in [0.4, 0.5) is 5.69 Å². The number of nitrogens with one attached hydrogen (secondary N) is 1. The van der Waals surface area contributed by atoms with E-state index in [4.69, 9.17) is 25.8 Å². The van der Waals surface area contributed by atoms with Gasteiger partial charge in [0, 0.05) is 30.6 Å². The van der Waals surface area contributed by atoms with E-state index in [1.807, 2.05) is 44.2 Å². The summed E-state index contributed by atoms with van der Waals surface area (Å²) < 4.78 is 46.2. The third-order valence-corrected chi connectivity index (χ3v) is 9.72. The van der Waals surface area contributed by atoms with Crippen LogP contribution in [0.1, 0.15) is 31.4 Å². The molecule has 1 N–H and O–H groups in total. The highest BCUT2D eigenvalue weighted by molar-refractivity contribution is 7.92. The lowest BCUT2D eigenvalue weighted by atomic mass is 10.0. The topological polar surface area (TPSA) is 114 Å². The number of amides is 2. The Morgan fingerprint density at radius 3 is 2.16 bits per heavy atom. The molecule has 0 aliphatic carbocycles. The van der Waals surface area contributed by atoms with Crippen LogP contribution >= 0.6 is 11.6 Å². The Kier molecular flexibility index (Phi) is 13.3. The zero-order valence-electron chi connectivity index (χ0n) is 28.1. The van der Waals surface area contributed by atoms with E-state index in [0.717, 1.165) is 9.87 Å². The van der Waals surface area contributed by atoms with Crippen molar-refractivity contribution in [2.24, 2.45) is 0 Å². The third-order valence-electron chi connectivity index (χ3n) is 7.72. The number of hydrogen-bond donors (Lipinski definition) is 1. The summed E-state index contributed by atoms with van der Waals surface area (Å²) >= 11 is 6.32. The molecule has 49 heavy (non-hydrogen) atoms. The van der Waals surface area contributed by atoms with Crippen molar-refractivity contribution in [3.05, 3.63) is 113 Å². The number of sulfonamides is 1. The number of anilines is 1. The third kappa shape index (κ3) is 9.67. The van der Waals surface area contributed by atoms with Gasteiger partial charge in [0.05, 0.1) is 31.4 Å². The van der Waals surface area contributed by atoms with Crippen LogP contribution in [0, 0.1) is 0 Å². The van der Waals surface area contributed by atoms with Crippen molar-refractivity contribution in [2.75, 3.05) is 38.2 Å². The Morgan fingerprint density at radius 2 is 1.53 bits per heavy atom. The monoisotopic (exact) mass is 707 g/mol. The number of rotatable bonds is 17. The van der Waals surface area contributed by atoms with Crippen molar-refractivity contribution in [1.29, 1.82) is 0 Å². The van der Waals surface area contributed by atoms with Crippen molar-refractivity contribution >= 4 is 39.1 Å². The fraction of sp³-hybridized carbons (Fsp3) is 0.297. The number of halogens is 1. The first-order valence-corrected chi connectivity index (χ1v) is 17.8. The summed E-state index contributed by atoms with van der Waals surface area (Å²) in [5, 5.41) is 3.40. The van der Waals surface area contributed by atoms with Gasteiger partial charge in [0.15, 0.2) is 11.5 Å². The smallest absolute Gasteiger partial charge is 0.264 e. The lowest BCUT2D eigenvalue weighted by Gasteiger charge is -2.34. The van der Waals surface area contributed by atoms with Gasteiger partial charge in [0.2, 0.25) is 11.8 Å². The van der Waals surface area contributed by atoms with E-state index in [1.54, 1.807) is 48.5 Å². The van der Waals surface area contributed by atoms with Crippen LogP contribution in [0.3, 0.4) is 0 Å². The van der Waals surface area contributed by atoms with Crippen molar-refractivity contribution in [2.45, 2.75) is 44.2 Å². The first kappa shape index (κ1) is 37.1. The predicted molar refractivity (Wildman–Crippen MR) is 191 cm³/mol. The van der Waals surface area contributed by atoms with E-state index in [2.05, 4.69) is 5.32 Å². The number of hydrogen-bond acceptors (Lipinski definition) is 7. The normalized spacial score (nSPS) is 11.7. The molecule has 0 spiro atoms. The van der Waals surface area contributed by atoms with Crippen molar-refractivity contribution in [1.82, 2.24) is 10.2 Å². The lowest BCUT2D eigenvalue weighted by molar-refractivity contribution is -0.140. The van der Waals surface area contributed by atoms with Crippen LogP contribution in [0.15, 0.2) is 102 Å². The summed E-state index contributed by atoms with van der Waals surface area (Å²) in [6.07, 6.45) is 0.898. The Bertz CT molecular complexity index is 1800. The zero-order valence-corrected chi connectivity index (χ0v) is 29.7. The Balaban J connectivity index is 1.83. The maximum atomic E-state index is 14.6. The molecular formula is C37H42ClN3O7S. The van der Waals surface area contributed by atoms with E-state index in [-0.39, 0.29) is 35.2 Å². The fourth-order valence-corrected chi connectivity index (χ4v) is 6.90. The quantitative estimate of drug-likeness (QED) is 0.141. The number of nitrogens with zero attached hydrogens (tertiary/aromatic N) is 2. The fourth-order valence-electron chi connectivity index (χ4n) is 5.26. The second-order valence-electron chi connectivity index (χ2n) is 11.1. The zero-order chi connectivity index (χ0) is 35.4. The molecule has 1 unspecified atom stereocenters. The molecule has 1 atom stereocenters. The largest absolute Gasteiger partial charge is 0.494 e. The van der Waals surface area contributed by atoms with Gasteiger partial charge in [0.1, 0.15) is 18.3 Å². The van der Waals surface area contributed by atoms with E-state index in [9.17, 15) is 18.0 Å². The van der Waals surface area contributed by atoms with Gasteiger partial charge in [-0.15, -0.1) is 0 Å². The summed E-state index contributed by atoms with van der Waals surface area (Å²) in [5.74, 6) is 0.153. The summed E-state index contributed by atoms with van der Waals surface area (Å²) in [6, 6.07) is 26.1. The maximum Gasteiger partial charge on any atom is 0.264 e. The highest BCUT2D eigenvalue weighted by atomic mass is 35.5. The molecule has 0 aromatic heterocycles. The molecule has 0 aliphatic heterocycles. The molecule has 12 heteroatoms. The van der Waals surface area contributed by atoms with Gasteiger partial charge in [-0.05, 0) is 73.0 Å². The standard InChI is InChI=1S/C37H42ClN3O7S/c1-5-21-39-37(43)33(23-27-11-8-7-9-12-27)40(25-28-13-10-14-29(38)22-28)36(42)26-41(30-15-17-31(18-16-30)48-6-2)49(44,45)32-19-20-34(46-3)35(24-32)47-4/h7-20,22,24,33H,5-6,21,23,25-26H2,1-4H3,(H,39,43). The molecule has 4 aromatic rings. The molecule has 0 aliphatic rings. The minimum atomic E-state index is -4.38. The first-order valence-electron chi connectivity index (χ1n) is 15.9. The minimum absolute atomic E-state index is 0.00393. The predicted octanol–water partition coefficient (Wildman–Crippen LogP) is 6.12. The van der Waals surface area contributed by atoms with Gasteiger partial charge in [-0.1, -0.05) is 61.0 Å². The number of carbonyl (C=O) groups excluding carboxylic acids is 2. The number of ether oxygens (including phenoxy) is 3. The molecule has 260 valence electrons. The number of methoxy groups -OCH3 is 2. The molecular weight excluding hydrogens is 666 g/mol. The van der Waals surface area contributed by atoms with Gasteiger partial charge in [-0.3, -0.25) is 13.9 Å². The molecule has 4 rings (SSSR count). The molecule has 0 saturated carbocycles. The average Bonchev–Trinajstić information content (AvgIpc) is 3.11. The second kappa shape index (κ2) is 17.6. The molecule has 0 radical (unpaired) electrons. The summed E-state index contributed by atoms with van der Waals surface area (Å²) in [6.45, 7) is 4.01. The molecule has 4 aromatic carbocycles. The number of benzene rings is 4. The Hall–Kier alpha value is -4.74.